The molecule has 0 aromatic heterocycles. The van der Waals surface area contributed by atoms with E-state index in [0.29, 0.717) is 0 Å². The predicted octanol–water partition coefficient (Wildman–Crippen LogP) is 2.21. The van der Waals surface area contributed by atoms with Crippen LogP contribution in [0.15, 0.2) is 10.8 Å². The molecule has 1 nitrogen and oxygen atoms in total. The summed E-state index contributed by atoms with van der Waals surface area (Å²) in [6.07, 6.45) is 1.23. The minimum Gasteiger partial charge on any atom is -0.274 e. The summed E-state index contributed by atoms with van der Waals surface area (Å²) < 4.78 is 0. The zero-order valence-corrected chi connectivity index (χ0v) is 6.60. The SMILES string of the molecule is CCCS/C=C/SN. The Bertz CT molecular complexity index is 63.4. The smallest absolute Gasteiger partial charge is 0.00284 e. The monoisotopic (exact) mass is 149 g/mol. The third-order valence-electron chi connectivity index (χ3n) is 0.552. The molecule has 0 aromatic carbocycles. The van der Waals surface area contributed by atoms with Crippen molar-refractivity contribution in [1.29, 1.82) is 0 Å². The van der Waals surface area contributed by atoms with E-state index < -0.39 is 0 Å². The second-order valence-electron chi connectivity index (χ2n) is 1.28. The molecule has 0 aromatic rings. The van der Waals surface area contributed by atoms with Crippen LogP contribution in [0, 0.1) is 0 Å². The first-order valence-corrected chi connectivity index (χ1v) is 4.53. The Morgan fingerprint density at radius 2 is 2.25 bits per heavy atom. The van der Waals surface area contributed by atoms with Crippen LogP contribution in [0.3, 0.4) is 0 Å². The van der Waals surface area contributed by atoms with Crippen molar-refractivity contribution in [2.45, 2.75) is 13.3 Å². The van der Waals surface area contributed by atoms with Gasteiger partial charge >= 0.3 is 0 Å². The predicted molar refractivity (Wildman–Crippen MR) is 43.7 cm³/mol. The third kappa shape index (κ3) is 6.40. The zero-order valence-electron chi connectivity index (χ0n) is 4.96. The van der Waals surface area contributed by atoms with Gasteiger partial charge in [-0.2, -0.15) is 0 Å². The van der Waals surface area contributed by atoms with Crippen molar-refractivity contribution >= 4 is 23.7 Å². The van der Waals surface area contributed by atoms with E-state index in [9.17, 15) is 0 Å². The largest absolute Gasteiger partial charge is 0.274 e. The first-order chi connectivity index (χ1) is 3.91. The first-order valence-electron chi connectivity index (χ1n) is 2.54. The fourth-order valence-corrected chi connectivity index (χ4v) is 1.20. The standard InChI is InChI=1S/C5H11NS2/c1-2-3-7-4-5-8-6/h4-5H,2-3,6H2,1H3/b5-4+. The van der Waals surface area contributed by atoms with Crippen molar-refractivity contribution in [1.82, 2.24) is 0 Å². The topological polar surface area (TPSA) is 26.0 Å². The Morgan fingerprint density at radius 1 is 1.50 bits per heavy atom. The van der Waals surface area contributed by atoms with Crippen molar-refractivity contribution in [3.8, 4) is 0 Å². The van der Waals surface area contributed by atoms with E-state index in [1.807, 2.05) is 10.8 Å². The molecule has 3 heteroatoms. The lowest BCUT2D eigenvalue weighted by atomic mass is 10.6. The molecule has 0 atom stereocenters. The van der Waals surface area contributed by atoms with E-state index in [1.165, 1.54) is 24.1 Å². The molecule has 0 saturated heterocycles. The number of rotatable bonds is 4. The van der Waals surface area contributed by atoms with Gasteiger partial charge in [0.15, 0.2) is 0 Å². The molecule has 0 bridgehead atoms. The maximum atomic E-state index is 5.13. The van der Waals surface area contributed by atoms with Crippen molar-refractivity contribution in [2.24, 2.45) is 5.14 Å². The summed E-state index contributed by atoms with van der Waals surface area (Å²) >= 11 is 3.05. The Balaban J connectivity index is 2.80. The van der Waals surface area contributed by atoms with Gasteiger partial charge in [-0.15, -0.1) is 11.8 Å². The average molecular weight is 149 g/mol. The van der Waals surface area contributed by atoms with E-state index in [0.717, 1.165) is 0 Å². The Labute approximate surface area is 59.2 Å². The summed E-state index contributed by atoms with van der Waals surface area (Å²) in [5.41, 5.74) is 0. The first kappa shape index (κ1) is 8.40. The van der Waals surface area contributed by atoms with Crippen LogP contribution in [0.2, 0.25) is 0 Å². The van der Waals surface area contributed by atoms with Gasteiger partial charge in [0, 0.05) is 0 Å². The summed E-state index contributed by atoms with van der Waals surface area (Å²) in [7, 11) is 0. The van der Waals surface area contributed by atoms with Gasteiger partial charge in [0.1, 0.15) is 0 Å². The molecule has 48 valence electrons. The van der Waals surface area contributed by atoms with Crippen LogP contribution < -0.4 is 5.14 Å². The highest BCUT2D eigenvalue weighted by molar-refractivity contribution is 8.04. The van der Waals surface area contributed by atoms with Gasteiger partial charge in [-0.25, -0.2) is 0 Å². The van der Waals surface area contributed by atoms with E-state index >= 15 is 0 Å². The lowest BCUT2D eigenvalue weighted by Gasteiger charge is -1.85. The lowest BCUT2D eigenvalue weighted by molar-refractivity contribution is 1.11. The molecule has 0 rings (SSSR count). The third-order valence-corrected chi connectivity index (χ3v) is 1.99. The van der Waals surface area contributed by atoms with Crippen LogP contribution >= 0.6 is 23.7 Å². The van der Waals surface area contributed by atoms with Crippen LogP contribution in [-0.4, -0.2) is 5.75 Å². The molecule has 0 heterocycles. The van der Waals surface area contributed by atoms with Crippen molar-refractivity contribution in [3.05, 3.63) is 10.8 Å². The molecule has 0 unspecified atom stereocenters. The van der Waals surface area contributed by atoms with Crippen LogP contribution in [0.25, 0.3) is 0 Å². The molecule has 2 N–H and O–H groups in total. The van der Waals surface area contributed by atoms with Crippen LogP contribution in [-0.2, 0) is 0 Å². The summed E-state index contributed by atoms with van der Waals surface area (Å²) in [5.74, 6) is 1.19. The molecule has 0 aliphatic rings. The summed E-state index contributed by atoms with van der Waals surface area (Å²) in [4.78, 5) is 0. The van der Waals surface area contributed by atoms with E-state index in [2.05, 4.69) is 6.92 Å². The second-order valence-corrected chi connectivity index (χ2v) is 2.84. The number of nitrogens with two attached hydrogens (primary N) is 1. The summed E-state index contributed by atoms with van der Waals surface area (Å²) in [6, 6.07) is 0. The number of thioether (sulfide) groups is 1. The number of hydrogen-bond acceptors (Lipinski definition) is 3. The van der Waals surface area contributed by atoms with Crippen molar-refractivity contribution in [2.75, 3.05) is 5.75 Å². The minimum absolute atomic E-state index is 1.19. The van der Waals surface area contributed by atoms with E-state index in [-0.39, 0.29) is 0 Å². The number of hydrogen-bond donors (Lipinski definition) is 1. The summed E-state index contributed by atoms with van der Waals surface area (Å²) in [6.45, 7) is 2.16. The highest BCUT2D eigenvalue weighted by Crippen LogP contribution is 2.05. The average Bonchev–Trinajstić information content (AvgIpc) is 1.81. The minimum atomic E-state index is 1.19. The van der Waals surface area contributed by atoms with Gasteiger partial charge in [-0.3, -0.25) is 5.14 Å². The molecular weight excluding hydrogens is 138 g/mol. The van der Waals surface area contributed by atoms with Gasteiger partial charge in [-0.05, 0) is 23.0 Å². The zero-order chi connectivity index (χ0) is 6.24. The van der Waals surface area contributed by atoms with Crippen LogP contribution in [0.1, 0.15) is 13.3 Å². The summed E-state index contributed by atoms with van der Waals surface area (Å²) in [5, 5.41) is 9.04. The molecule has 0 aliphatic carbocycles. The molecule has 0 radical (unpaired) electrons. The Kier molecular flexibility index (Phi) is 7.77. The van der Waals surface area contributed by atoms with E-state index in [1.54, 1.807) is 11.8 Å². The van der Waals surface area contributed by atoms with E-state index in [4.69, 9.17) is 5.14 Å². The molecule has 0 spiro atoms. The fourth-order valence-electron chi connectivity index (χ4n) is 0.257. The quantitative estimate of drug-likeness (QED) is 0.490. The Hall–Kier alpha value is 0.400. The highest BCUT2D eigenvalue weighted by Gasteiger charge is 1.74. The van der Waals surface area contributed by atoms with Crippen molar-refractivity contribution < 1.29 is 0 Å². The maximum absolute atomic E-state index is 5.13. The molecule has 0 saturated carbocycles. The lowest BCUT2D eigenvalue weighted by Crippen LogP contribution is -1.69. The molecule has 8 heavy (non-hydrogen) atoms. The van der Waals surface area contributed by atoms with Gasteiger partial charge in [0.2, 0.25) is 0 Å². The molecular formula is C5H11NS2. The second kappa shape index (κ2) is 7.40. The maximum Gasteiger partial charge on any atom is -0.00284 e. The van der Waals surface area contributed by atoms with Crippen LogP contribution in [0.4, 0.5) is 0 Å². The Morgan fingerprint density at radius 3 is 2.75 bits per heavy atom. The highest BCUT2D eigenvalue weighted by atomic mass is 32.2. The normalized spacial score (nSPS) is 10.8. The molecule has 0 aliphatic heterocycles. The van der Waals surface area contributed by atoms with Gasteiger partial charge in [0.25, 0.3) is 0 Å². The molecule has 0 fully saturated rings. The fraction of sp³-hybridized carbons (Fsp3) is 0.600. The van der Waals surface area contributed by atoms with Gasteiger partial charge in [-0.1, -0.05) is 18.9 Å². The van der Waals surface area contributed by atoms with Gasteiger partial charge < -0.3 is 0 Å². The molecule has 0 amide bonds. The van der Waals surface area contributed by atoms with Gasteiger partial charge in [0.05, 0.1) is 0 Å². The van der Waals surface area contributed by atoms with Crippen molar-refractivity contribution in [3.63, 3.8) is 0 Å². The van der Waals surface area contributed by atoms with Crippen LogP contribution in [0.5, 0.6) is 0 Å².